The van der Waals surface area contributed by atoms with E-state index < -0.39 is 0 Å². The summed E-state index contributed by atoms with van der Waals surface area (Å²) < 4.78 is 0. The molecule has 3 rings (SSSR count). The normalized spacial score (nSPS) is 26.4. The number of aryl methyl sites for hydroxylation is 1. The molecule has 0 aromatic heterocycles. The van der Waals surface area contributed by atoms with Gasteiger partial charge in [0, 0.05) is 18.5 Å². The van der Waals surface area contributed by atoms with Gasteiger partial charge in [0.1, 0.15) is 0 Å². The van der Waals surface area contributed by atoms with Crippen molar-refractivity contribution in [2.24, 2.45) is 4.99 Å². The third-order valence-electron chi connectivity index (χ3n) is 4.58. The van der Waals surface area contributed by atoms with Crippen molar-refractivity contribution in [3.05, 3.63) is 35.4 Å². The molecule has 2 nitrogen and oxygen atoms in total. The number of piperidine rings is 1. The van der Waals surface area contributed by atoms with Crippen molar-refractivity contribution in [3.63, 3.8) is 0 Å². The molecule has 0 amide bonds. The maximum atomic E-state index is 4.73. The van der Waals surface area contributed by atoms with Crippen LogP contribution in [0.3, 0.4) is 0 Å². The zero-order chi connectivity index (χ0) is 14.2. The van der Waals surface area contributed by atoms with Gasteiger partial charge in [-0.05, 0) is 57.6 Å². The number of hydrogen-bond donors (Lipinski definition) is 0. The van der Waals surface area contributed by atoms with E-state index in [1.807, 2.05) is 0 Å². The van der Waals surface area contributed by atoms with Crippen molar-refractivity contribution in [3.8, 4) is 0 Å². The average molecular weight is 270 g/mol. The lowest BCUT2D eigenvalue weighted by atomic mass is 9.74. The first-order chi connectivity index (χ1) is 9.54. The second-order valence-electron chi connectivity index (χ2n) is 7.21. The second kappa shape index (κ2) is 5.23. The smallest absolute Gasteiger partial charge is 0.0859 e. The fourth-order valence-electron chi connectivity index (χ4n) is 3.63. The molecule has 1 fully saturated rings. The lowest BCUT2D eigenvalue weighted by Crippen LogP contribution is -2.45. The Kier molecular flexibility index (Phi) is 3.57. The van der Waals surface area contributed by atoms with Gasteiger partial charge in [-0.1, -0.05) is 24.3 Å². The lowest BCUT2D eigenvalue weighted by Gasteiger charge is -2.44. The third-order valence-corrected chi connectivity index (χ3v) is 4.58. The minimum Gasteiger partial charge on any atom is -0.359 e. The third kappa shape index (κ3) is 2.74. The van der Waals surface area contributed by atoms with Crippen LogP contribution in [0.15, 0.2) is 29.3 Å². The van der Waals surface area contributed by atoms with Crippen LogP contribution in [-0.2, 0) is 6.42 Å². The number of likely N-dealkylation sites (tertiary alicyclic amines) is 1. The van der Waals surface area contributed by atoms with Gasteiger partial charge in [0.2, 0.25) is 0 Å². The predicted molar refractivity (Wildman–Crippen MR) is 85.5 cm³/mol. The van der Waals surface area contributed by atoms with E-state index >= 15 is 0 Å². The van der Waals surface area contributed by atoms with E-state index in [-0.39, 0.29) is 5.54 Å². The molecule has 0 radical (unpaired) electrons. The average Bonchev–Trinajstić information content (AvgIpc) is 2.44. The molecule has 108 valence electrons. The molecule has 1 heterocycles. The van der Waals surface area contributed by atoms with Crippen LogP contribution < -0.4 is 0 Å². The Morgan fingerprint density at radius 1 is 1.20 bits per heavy atom. The van der Waals surface area contributed by atoms with E-state index in [2.05, 4.69) is 56.3 Å². The summed E-state index contributed by atoms with van der Waals surface area (Å²) in [7, 11) is 0. The molecule has 0 unspecified atom stereocenters. The van der Waals surface area contributed by atoms with Crippen molar-refractivity contribution < 1.29 is 0 Å². The molecule has 0 N–H and O–H groups in total. The Hall–Kier alpha value is -1.31. The molecule has 2 atom stereocenters. The van der Waals surface area contributed by atoms with Crippen LogP contribution in [0, 0.1) is 0 Å². The van der Waals surface area contributed by atoms with Crippen molar-refractivity contribution >= 4 is 6.34 Å². The van der Waals surface area contributed by atoms with Crippen LogP contribution in [0.2, 0.25) is 0 Å². The monoisotopic (exact) mass is 270 g/mol. The summed E-state index contributed by atoms with van der Waals surface area (Å²) in [6, 6.07) is 9.69. The van der Waals surface area contributed by atoms with E-state index in [0.29, 0.717) is 12.0 Å². The van der Waals surface area contributed by atoms with Crippen molar-refractivity contribution in [2.45, 2.75) is 64.0 Å². The predicted octanol–water partition coefficient (Wildman–Crippen LogP) is 4.01. The zero-order valence-corrected chi connectivity index (χ0v) is 13.0. The summed E-state index contributed by atoms with van der Waals surface area (Å²) in [5, 5.41) is 0. The van der Waals surface area contributed by atoms with Crippen molar-refractivity contribution in [1.82, 2.24) is 4.90 Å². The molecule has 1 saturated heterocycles. The maximum absolute atomic E-state index is 4.73. The molecule has 2 aliphatic rings. The fourth-order valence-corrected chi connectivity index (χ4v) is 3.63. The van der Waals surface area contributed by atoms with E-state index in [1.54, 1.807) is 11.1 Å². The molecule has 1 aliphatic carbocycles. The first-order valence-corrected chi connectivity index (χ1v) is 7.93. The molecule has 1 aliphatic heterocycles. The molecule has 2 heteroatoms. The van der Waals surface area contributed by atoms with Gasteiger partial charge in [-0.3, -0.25) is 4.99 Å². The highest BCUT2D eigenvalue weighted by Crippen LogP contribution is 2.40. The van der Waals surface area contributed by atoms with Gasteiger partial charge in [0.05, 0.1) is 11.9 Å². The molecule has 0 spiro atoms. The van der Waals surface area contributed by atoms with Crippen molar-refractivity contribution in [2.75, 3.05) is 6.54 Å². The van der Waals surface area contributed by atoms with E-state index in [0.717, 1.165) is 0 Å². The van der Waals surface area contributed by atoms with Crippen LogP contribution in [0.1, 0.15) is 57.1 Å². The van der Waals surface area contributed by atoms with Gasteiger partial charge in [-0.15, -0.1) is 0 Å². The Bertz CT molecular complexity index is 498. The Labute approximate surface area is 122 Å². The van der Waals surface area contributed by atoms with E-state index in [1.165, 1.54) is 32.2 Å². The molecule has 0 saturated carbocycles. The Morgan fingerprint density at radius 2 is 2.00 bits per heavy atom. The standard InChI is InChI=1S/C18H26N2/c1-18(2,3)19-13-20-12-6-9-16-15-8-5-4-7-14(15)10-11-17(16)20/h4-5,7-8,13,16-17H,6,9-12H2,1-3H3/t16-,17-/m1/s1. The molecular weight excluding hydrogens is 244 g/mol. The van der Waals surface area contributed by atoms with Crippen LogP contribution in [-0.4, -0.2) is 29.4 Å². The first-order valence-electron chi connectivity index (χ1n) is 7.93. The number of hydrogen-bond acceptors (Lipinski definition) is 1. The largest absolute Gasteiger partial charge is 0.359 e. The minimum absolute atomic E-state index is 0.0273. The minimum atomic E-state index is 0.0273. The summed E-state index contributed by atoms with van der Waals surface area (Å²) in [4.78, 5) is 7.24. The van der Waals surface area contributed by atoms with Gasteiger partial charge in [0.15, 0.2) is 0 Å². The molecule has 1 aromatic carbocycles. The first kappa shape index (κ1) is 13.7. The Morgan fingerprint density at radius 3 is 2.80 bits per heavy atom. The van der Waals surface area contributed by atoms with Crippen LogP contribution in [0.25, 0.3) is 0 Å². The van der Waals surface area contributed by atoms with Gasteiger partial charge in [0.25, 0.3) is 0 Å². The van der Waals surface area contributed by atoms with E-state index in [9.17, 15) is 0 Å². The Balaban J connectivity index is 1.83. The molecule has 0 bridgehead atoms. The number of benzene rings is 1. The van der Waals surface area contributed by atoms with Crippen LogP contribution in [0.5, 0.6) is 0 Å². The number of fused-ring (bicyclic) bond motifs is 3. The highest BCUT2D eigenvalue weighted by atomic mass is 15.2. The number of aliphatic imine (C=N–C) groups is 1. The van der Waals surface area contributed by atoms with Gasteiger partial charge >= 0.3 is 0 Å². The summed E-state index contributed by atoms with van der Waals surface area (Å²) in [6.45, 7) is 7.67. The topological polar surface area (TPSA) is 15.6 Å². The quantitative estimate of drug-likeness (QED) is 0.556. The van der Waals surface area contributed by atoms with Crippen molar-refractivity contribution in [1.29, 1.82) is 0 Å². The highest BCUT2D eigenvalue weighted by molar-refractivity contribution is 5.57. The molecule has 20 heavy (non-hydrogen) atoms. The molecule has 1 aromatic rings. The summed E-state index contributed by atoms with van der Waals surface area (Å²) >= 11 is 0. The zero-order valence-electron chi connectivity index (χ0n) is 13.0. The molecular formula is C18H26N2. The van der Waals surface area contributed by atoms with Crippen LogP contribution in [0.4, 0.5) is 0 Å². The fraction of sp³-hybridized carbons (Fsp3) is 0.611. The summed E-state index contributed by atoms with van der Waals surface area (Å²) in [5.41, 5.74) is 3.19. The maximum Gasteiger partial charge on any atom is 0.0859 e. The van der Waals surface area contributed by atoms with Gasteiger partial charge in [-0.25, -0.2) is 0 Å². The van der Waals surface area contributed by atoms with Gasteiger partial charge in [-0.2, -0.15) is 0 Å². The lowest BCUT2D eigenvalue weighted by molar-refractivity contribution is 0.195. The second-order valence-corrected chi connectivity index (χ2v) is 7.21. The van der Waals surface area contributed by atoms with Crippen LogP contribution >= 0.6 is 0 Å². The van der Waals surface area contributed by atoms with E-state index in [4.69, 9.17) is 4.99 Å². The summed E-state index contributed by atoms with van der Waals surface area (Å²) in [6.07, 6.45) is 7.24. The SMILES string of the molecule is CC(C)(C)N=CN1CCC[C@@H]2c3ccccc3CC[C@H]21. The number of rotatable bonds is 1. The van der Waals surface area contributed by atoms with Gasteiger partial charge < -0.3 is 4.90 Å². The number of nitrogens with zero attached hydrogens (tertiary/aromatic N) is 2. The highest BCUT2D eigenvalue weighted by Gasteiger charge is 2.35. The summed E-state index contributed by atoms with van der Waals surface area (Å²) in [5.74, 6) is 0.708.